The second-order valence-electron chi connectivity index (χ2n) is 8.48. The van der Waals surface area contributed by atoms with Crippen LogP contribution in [0.15, 0.2) is 54.6 Å². The molecule has 25 heavy (non-hydrogen) atoms. The molecule has 130 valence electrons. The number of fused-ring (bicyclic) bond motifs is 1. The van der Waals surface area contributed by atoms with Crippen molar-refractivity contribution in [3.8, 4) is 0 Å². The average molecular weight is 334 g/mol. The van der Waals surface area contributed by atoms with Crippen molar-refractivity contribution in [2.24, 2.45) is 0 Å². The zero-order valence-electron chi connectivity index (χ0n) is 15.7. The van der Waals surface area contributed by atoms with Gasteiger partial charge in [0.2, 0.25) is 0 Å². The first kappa shape index (κ1) is 16.9. The lowest BCUT2D eigenvalue weighted by molar-refractivity contribution is 0.00578. The van der Waals surface area contributed by atoms with Gasteiger partial charge >= 0.3 is 7.12 Å². The topological polar surface area (TPSA) is 18.5 Å². The molecule has 2 nitrogen and oxygen atoms in total. The van der Waals surface area contributed by atoms with E-state index in [1.165, 1.54) is 16.7 Å². The molecule has 2 aromatic rings. The maximum atomic E-state index is 6.45. The van der Waals surface area contributed by atoms with E-state index in [0.29, 0.717) is 11.7 Å². The number of hydrogen-bond donors (Lipinski definition) is 0. The van der Waals surface area contributed by atoms with Crippen molar-refractivity contribution in [2.75, 3.05) is 0 Å². The molecule has 0 saturated carbocycles. The lowest BCUT2D eigenvalue weighted by atomic mass is 9.56. The summed E-state index contributed by atoms with van der Waals surface area (Å²) in [6.07, 6.45) is 2.06. The maximum absolute atomic E-state index is 6.45. The number of rotatable bonds is 2. The van der Waals surface area contributed by atoms with Gasteiger partial charge in [0.15, 0.2) is 0 Å². The Bertz CT molecular complexity index is 738. The van der Waals surface area contributed by atoms with Crippen LogP contribution in [0, 0.1) is 0 Å². The Morgan fingerprint density at radius 3 is 1.88 bits per heavy atom. The van der Waals surface area contributed by atoms with E-state index in [4.69, 9.17) is 9.31 Å². The third-order valence-corrected chi connectivity index (χ3v) is 6.38. The summed E-state index contributed by atoms with van der Waals surface area (Å²) in [4.78, 5) is 0. The van der Waals surface area contributed by atoms with E-state index in [-0.39, 0.29) is 18.3 Å². The van der Waals surface area contributed by atoms with E-state index >= 15 is 0 Å². The molecule has 4 rings (SSSR count). The highest BCUT2D eigenvalue weighted by Gasteiger charge is 2.55. The summed E-state index contributed by atoms with van der Waals surface area (Å²) in [6, 6.07) is 19.7. The van der Waals surface area contributed by atoms with Crippen LogP contribution in [0.4, 0.5) is 0 Å². The molecule has 0 aromatic heterocycles. The Balaban J connectivity index is 1.71. The van der Waals surface area contributed by atoms with Gasteiger partial charge < -0.3 is 9.31 Å². The van der Waals surface area contributed by atoms with E-state index in [0.717, 1.165) is 12.8 Å². The van der Waals surface area contributed by atoms with Gasteiger partial charge in [0.05, 0.1) is 11.2 Å². The van der Waals surface area contributed by atoms with Gasteiger partial charge in [0.25, 0.3) is 0 Å². The van der Waals surface area contributed by atoms with Crippen molar-refractivity contribution in [1.29, 1.82) is 0 Å². The minimum absolute atomic E-state index is 0.163. The van der Waals surface area contributed by atoms with Crippen LogP contribution >= 0.6 is 0 Å². The predicted molar refractivity (Wildman–Crippen MR) is 103 cm³/mol. The van der Waals surface area contributed by atoms with Crippen molar-refractivity contribution in [3.05, 3.63) is 71.3 Å². The van der Waals surface area contributed by atoms with Gasteiger partial charge in [0.1, 0.15) is 0 Å². The van der Waals surface area contributed by atoms with Crippen molar-refractivity contribution < 1.29 is 9.31 Å². The van der Waals surface area contributed by atoms with Crippen molar-refractivity contribution >= 4 is 7.12 Å². The molecule has 0 bridgehead atoms. The van der Waals surface area contributed by atoms with Crippen LogP contribution in [-0.4, -0.2) is 18.3 Å². The molecule has 1 heterocycles. The minimum Gasteiger partial charge on any atom is -0.403 e. The van der Waals surface area contributed by atoms with Crippen LogP contribution in [0.3, 0.4) is 0 Å². The molecule has 0 N–H and O–H groups in total. The van der Waals surface area contributed by atoms with Crippen LogP contribution in [0.2, 0.25) is 5.82 Å². The third-order valence-electron chi connectivity index (χ3n) is 6.38. The minimum atomic E-state index is -0.282. The predicted octanol–water partition coefficient (Wildman–Crippen LogP) is 5.03. The molecule has 0 amide bonds. The molecule has 0 spiro atoms. The van der Waals surface area contributed by atoms with Crippen molar-refractivity contribution in [2.45, 2.75) is 63.5 Å². The highest BCUT2D eigenvalue weighted by atomic mass is 16.7. The molecule has 3 heteroatoms. The molecular formula is C22H27BO2. The summed E-state index contributed by atoms with van der Waals surface area (Å²) in [7, 11) is -0.163. The molecule has 2 aromatic carbocycles. The Morgan fingerprint density at radius 1 is 0.760 bits per heavy atom. The summed E-state index contributed by atoms with van der Waals surface area (Å²) in [6.45, 7) is 8.56. The van der Waals surface area contributed by atoms with E-state index in [1.807, 2.05) is 0 Å². The van der Waals surface area contributed by atoms with Crippen molar-refractivity contribution in [3.63, 3.8) is 0 Å². The maximum Gasteiger partial charge on any atom is 0.462 e. The SMILES string of the molecule is CC1(C)OB([C@H]2Cc3ccccc3C[C@@H]2c2ccccc2)OC1(C)C. The van der Waals surface area contributed by atoms with E-state index in [2.05, 4.69) is 82.3 Å². The first-order valence-corrected chi connectivity index (χ1v) is 9.35. The summed E-state index contributed by atoms with van der Waals surface area (Å²) < 4.78 is 12.9. The molecule has 0 radical (unpaired) electrons. The lowest BCUT2D eigenvalue weighted by Gasteiger charge is -2.34. The van der Waals surface area contributed by atoms with E-state index in [1.54, 1.807) is 0 Å². The van der Waals surface area contributed by atoms with Crippen LogP contribution in [0.25, 0.3) is 0 Å². The van der Waals surface area contributed by atoms with E-state index < -0.39 is 0 Å². The first-order valence-electron chi connectivity index (χ1n) is 9.35. The molecule has 1 saturated heterocycles. The van der Waals surface area contributed by atoms with Crippen LogP contribution in [0.1, 0.15) is 50.3 Å². The zero-order valence-corrected chi connectivity index (χ0v) is 15.7. The van der Waals surface area contributed by atoms with Gasteiger partial charge in [-0.2, -0.15) is 0 Å². The fraction of sp³-hybridized carbons (Fsp3) is 0.455. The van der Waals surface area contributed by atoms with Crippen LogP contribution in [-0.2, 0) is 22.2 Å². The Labute approximate surface area is 151 Å². The summed E-state index contributed by atoms with van der Waals surface area (Å²) >= 11 is 0. The molecule has 1 aliphatic carbocycles. The summed E-state index contributed by atoms with van der Waals surface area (Å²) in [5, 5.41) is 0. The molecule has 0 unspecified atom stereocenters. The van der Waals surface area contributed by atoms with Crippen LogP contribution in [0.5, 0.6) is 0 Å². The second kappa shape index (κ2) is 6.00. The molecule has 2 aliphatic rings. The first-order chi connectivity index (χ1) is 11.9. The molecule has 1 fully saturated rings. The molecule has 2 atom stereocenters. The van der Waals surface area contributed by atoms with Gasteiger partial charge in [-0.25, -0.2) is 0 Å². The Hall–Kier alpha value is -1.58. The Morgan fingerprint density at radius 2 is 1.28 bits per heavy atom. The number of benzene rings is 2. The largest absolute Gasteiger partial charge is 0.462 e. The average Bonchev–Trinajstić information content (AvgIpc) is 2.82. The fourth-order valence-corrected chi connectivity index (χ4v) is 4.15. The van der Waals surface area contributed by atoms with Gasteiger partial charge in [-0.15, -0.1) is 0 Å². The second-order valence-corrected chi connectivity index (χ2v) is 8.48. The quantitative estimate of drug-likeness (QED) is 0.717. The fourth-order valence-electron chi connectivity index (χ4n) is 4.15. The van der Waals surface area contributed by atoms with Crippen molar-refractivity contribution in [1.82, 2.24) is 0 Å². The van der Waals surface area contributed by atoms with Gasteiger partial charge in [-0.3, -0.25) is 0 Å². The normalized spacial score (nSPS) is 27.1. The highest BCUT2D eigenvalue weighted by molar-refractivity contribution is 6.48. The Kier molecular flexibility index (Phi) is 4.05. The standard InChI is InChI=1S/C22H27BO2/c1-21(2)22(3,4)25-23(24-21)20-15-18-13-9-8-12-17(18)14-19(20)16-10-6-5-7-11-16/h5-13,19-20H,14-15H2,1-4H3/t19-,20+/m1/s1. The third kappa shape index (κ3) is 2.94. The molecule has 1 aliphatic heterocycles. The van der Waals surface area contributed by atoms with Gasteiger partial charge in [-0.05, 0) is 63.1 Å². The smallest absolute Gasteiger partial charge is 0.403 e. The summed E-state index contributed by atoms with van der Waals surface area (Å²) in [5.74, 6) is 0.754. The monoisotopic (exact) mass is 334 g/mol. The van der Waals surface area contributed by atoms with Gasteiger partial charge in [0, 0.05) is 5.82 Å². The summed E-state index contributed by atoms with van der Waals surface area (Å²) in [5.41, 5.74) is 3.72. The molecular weight excluding hydrogens is 307 g/mol. The van der Waals surface area contributed by atoms with Gasteiger partial charge in [-0.1, -0.05) is 54.6 Å². The highest BCUT2D eigenvalue weighted by Crippen LogP contribution is 2.48. The number of hydrogen-bond acceptors (Lipinski definition) is 2. The zero-order chi connectivity index (χ0) is 17.7. The van der Waals surface area contributed by atoms with E-state index in [9.17, 15) is 0 Å². The van der Waals surface area contributed by atoms with Crippen LogP contribution < -0.4 is 0 Å². The lowest BCUT2D eigenvalue weighted by Crippen LogP contribution is -2.41.